The molecule has 1 aromatic heterocycles. The van der Waals surface area contributed by atoms with Gasteiger partial charge in [-0.3, -0.25) is 0 Å². The van der Waals surface area contributed by atoms with Crippen molar-refractivity contribution >= 4 is 67.1 Å². The lowest BCUT2D eigenvalue weighted by Gasteiger charge is -2.20. The number of benzene rings is 4. The molecule has 0 aliphatic heterocycles. The minimum Gasteiger partial charge on any atom is -0.741 e. The van der Waals surface area contributed by atoms with Gasteiger partial charge in [0.2, 0.25) is 0 Å². The summed E-state index contributed by atoms with van der Waals surface area (Å²) in [6.45, 7) is 17.4. The molecule has 0 spiro atoms. The third kappa shape index (κ3) is 11.5. The largest absolute Gasteiger partial charge is 0.741 e. The Kier molecular flexibility index (Phi) is 16.9. The van der Waals surface area contributed by atoms with Crippen LogP contribution in [-0.2, 0) is 20.2 Å². The van der Waals surface area contributed by atoms with E-state index in [1.165, 1.54) is 0 Å². The molecule has 0 aliphatic carbocycles. The van der Waals surface area contributed by atoms with Gasteiger partial charge in [0.05, 0.1) is 0 Å². The van der Waals surface area contributed by atoms with Crippen molar-refractivity contribution in [3.05, 3.63) is 130 Å². The average Bonchev–Trinajstić information content (AvgIpc) is 3.42. The zero-order valence-corrected chi connectivity index (χ0v) is 38.1. The Morgan fingerprint density at radius 3 is 1.13 bits per heavy atom. The van der Waals surface area contributed by atoms with Gasteiger partial charge in [0.15, 0.2) is 20.2 Å². The van der Waals surface area contributed by atoms with E-state index in [1.807, 2.05) is 69.8 Å². The maximum atomic E-state index is 19.0. The number of nitrogens with zero attached hydrogens (tertiary/aromatic N) is 2. The monoisotopic (exact) mass is 958 g/mol. The van der Waals surface area contributed by atoms with E-state index < -0.39 is 38.8 Å². The van der Waals surface area contributed by atoms with Gasteiger partial charge in [-0.1, -0.05) is 128 Å². The molecule has 0 fully saturated rings. The molecular weight excluding hydrogens is 915 g/mol. The first kappa shape index (κ1) is 51.8. The highest BCUT2D eigenvalue weighted by Crippen LogP contribution is 2.59. The van der Waals surface area contributed by atoms with Crippen LogP contribution < -0.4 is 20.6 Å². The number of alkyl halides is 6. The lowest BCUT2D eigenvalue weighted by Crippen LogP contribution is -2.37. The van der Waals surface area contributed by atoms with Crippen LogP contribution in [0.4, 0.5) is 30.5 Å². The van der Waals surface area contributed by atoms with Crippen molar-refractivity contribution in [3.63, 3.8) is 0 Å². The van der Waals surface area contributed by atoms with Crippen LogP contribution in [0, 0.1) is 0 Å². The minimum atomic E-state index is -6.09. The predicted octanol–water partition coefficient (Wildman–Crippen LogP) is 10.8. The highest BCUT2D eigenvalue weighted by atomic mass is 35.5. The molecule has 0 bridgehead atoms. The fraction of sp³-hybridized carbons (Fsp3) is 0.341. The van der Waals surface area contributed by atoms with Gasteiger partial charge in [0, 0.05) is 33.9 Å². The maximum absolute atomic E-state index is 19.0. The third-order valence-electron chi connectivity index (χ3n) is 9.18. The predicted molar refractivity (Wildman–Crippen MR) is 225 cm³/mol. The molecule has 0 radical (unpaired) electrons. The second-order valence-electron chi connectivity index (χ2n) is 14.8. The summed E-state index contributed by atoms with van der Waals surface area (Å²) >= 11 is 15.4. The summed E-state index contributed by atoms with van der Waals surface area (Å²) in [6, 6.07) is 31.7. The van der Waals surface area contributed by atoms with Gasteiger partial charge in [0.25, 0.3) is 5.15 Å². The van der Waals surface area contributed by atoms with Crippen molar-refractivity contribution in [2.75, 3.05) is 0 Å². The van der Waals surface area contributed by atoms with E-state index in [-0.39, 0.29) is 23.7 Å². The lowest BCUT2D eigenvalue weighted by molar-refractivity contribution is -0.590. The van der Waals surface area contributed by atoms with Gasteiger partial charge in [-0.05, 0) is 63.7 Å². The molecule has 0 saturated carbocycles. The summed E-state index contributed by atoms with van der Waals surface area (Å²) in [6.07, 6.45) is 0. The van der Waals surface area contributed by atoms with Gasteiger partial charge in [-0.15, -0.1) is 4.57 Å². The Labute approximate surface area is 362 Å². The number of para-hydroxylation sites is 2. The van der Waals surface area contributed by atoms with E-state index in [1.54, 1.807) is 0 Å². The molecule has 5 rings (SSSR count). The Hall–Kier alpha value is -3.57. The van der Waals surface area contributed by atoms with E-state index in [0.29, 0.717) is 26.5 Å². The molecule has 8 nitrogen and oxygen atoms in total. The molecule has 0 aliphatic rings. The molecule has 5 aromatic rings. The lowest BCUT2D eigenvalue weighted by atomic mass is 9.92. The summed E-state index contributed by atoms with van der Waals surface area (Å²) in [5.41, 5.74) is -4.64. The molecular formula is C41H44Cl2F7N2O6PS2. The Morgan fingerprint density at radius 1 is 0.557 bits per heavy atom. The normalized spacial score (nSPS) is 12.7. The fourth-order valence-electron chi connectivity index (χ4n) is 6.31. The number of aromatic nitrogens is 2. The zero-order valence-electron chi connectivity index (χ0n) is 34.1. The molecule has 0 atom stereocenters. The molecule has 1 heterocycles. The van der Waals surface area contributed by atoms with Crippen LogP contribution in [0.2, 0.25) is 10.4 Å². The smallest absolute Gasteiger partial charge is 0.485 e. The molecule has 0 saturated heterocycles. The first-order valence-corrected chi connectivity index (χ1v) is 23.7. The van der Waals surface area contributed by atoms with E-state index in [0.717, 1.165) is 33.6 Å². The van der Waals surface area contributed by atoms with Gasteiger partial charge in [-0.25, -0.2) is 16.8 Å². The average molecular weight is 960 g/mol. The van der Waals surface area contributed by atoms with E-state index in [2.05, 4.69) is 91.8 Å². The van der Waals surface area contributed by atoms with Crippen LogP contribution in [0.1, 0.15) is 101 Å². The van der Waals surface area contributed by atoms with Crippen LogP contribution in [0.3, 0.4) is 0 Å². The van der Waals surface area contributed by atoms with Gasteiger partial charge in [0.1, 0.15) is 22.0 Å². The third-order valence-corrected chi connectivity index (χ3v) is 14.1. The first-order chi connectivity index (χ1) is 27.9. The standard InChI is InChI=1S/C39H44Cl2FN2P.2CHF3O3S/c1-25(2)31-21-15-22-32(26(3)4)35(31)43-37(40)38(45(42,29-17-11-9-12-18-29)30-19-13-10-14-20-30)44(39(43)41)36-33(27(5)6)23-16-24-34(36)28(7)8;2*2-1(3,4)8(5,6)7/h9-28H,1-8H3;2*(H,5,6,7)/q+2;;/p-2. The summed E-state index contributed by atoms with van der Waals surface area (Å²) in [5, 5.41) is 1.85. The first-order valence-electron chi connectivity index (χ1n) is 18.4. The number of hydrogen-bond donors (Lipinski definition) is 0. The molecule has 334 valence electrons. The highest BCUT2D eigenvalue weighted by Gasteiger charge is 2.60. The van der Waals surface area contributed by atoms with Crippen molar-refractivity contribution in [1.29, 1.82) is 0 Å². The van der Waals surface area contributed by atoms with Gasteiger partial charge >= 0.3 is 29.3 Å². The van der Waals surface area contributed by atoms with Gasteiger partial charge in [-0.2, -0.15) is 30.9 Å². The molecule has 4 aromatic carbocycles. The van der Waals surface area contributed by atoms with Crippen molar-refractivity contribution < 1.29 is 61.0 Å². The molecule has 61 heavy (non-hydrogen) atoms. The number of imidazole rings is 1. The molecule has 0 unspecified atom stereocenters. The van der Waals surface area contributed by atoms with Crippen molar-refractivity contribution in [3.8, 4) is 11.4 Å². The van der Waals surface area contributed by atoms with Crippen molar-refractivity contribution in [2.45, 2.75) is 90.1 Å². The number of rotatable bonds is 9. The van der Waals surface area contributed by atoms with Crippen LogP contribution in [0.25, 0.3) is 11.4 Å². The van der Waals surface area contributed by atoms with Crippen molar-refractivity contribution in [1.82, 2.24) is 4.57 Å². The van der Waals surface area contributed by atoms with E-state index in [9.17, 15) is 26.3 Å². The number of halogens is 9. The second kappa shape index (κ2) is 19.9. The minimum absolute atomic E-state index is 0.159. The van der Waals surface area contributed by atoms with E-state index >= 15 is 4.20 Å². The Balaban J connectivity index is 0.000000524. The molecule has 0 N–H and O–H groups in total. The topological polar surface area (TPSA) is 123 Å². The highest BCUT2D eigenvalue weighted by molar-refractivity contribution is 7.91. The van der Waals surface area contributed by atoms with Crippen molar-refractivity contribution in [2.24, 2.45) is 0 Å². The maximum Gasteiger partial charge on any atom is 0.485 e. The summed E-state index contributed by atoms with van der Waals surface area (Å²) in [4.78, 5) is 0. The number of hydrogen-bond acceptors (Lipinski definition) is 6. The fourth-order valence-corrected chi connectivity index (χ4v) is 10.1. The van der Waals surface area contributed by atoms with E-state index in [4.69, 9.17) is 49.1 Å². The summed E-state index contributed by atoms with van der Waals surface area (Å²) in [7, 11) is -16.0. The second-order valence-corrected chi connectivity index (χ2v) is 20.9. The van der Waals surface area contributed by atoms with Gasteiger partial charge < -0.3 is 9.11 Å². The zero-order chi connectivity index (χ0) is 46.6. The molecule has 20 heteroatoms. The summed E-state index contributed by atoms with van der Waals surface area (Å²) in [5.74, 6) is 0.694. The Morgan fingerprint density at radius 2 is 0.852 bits per heavy atom. The van der Waals surface area contributed by atoms with Crippen LogP contribution in [0.15, 0.2) is 97.1 Å². The quantitative estimate of drug-likeness (QED) is 0.0477. The van der Waals surface area contributed by atoms with Crippen LogP contribution in [-0.4, -0.2) is 41.5 Å². The SMILES string of the molecule is CC(C)c1cccc(C(C)C)c1-n1c([P+](F)(c2ccccc2)c2ccccc2)c(Cl)[n+](-c2c(C(C)C)cccc2C(C)C)c1Cl.O=S(=O)([O-])C(F)(F)F.O=S(=O)([O-])C(F)(F)F. The summed E-state index contributed by atoms with van der Waals surface area (Å²) < 4.78 is 141. The van der Waals surface area contributed by atoms with Crippen LogP contribution >= 0.6 is 30.8 Å². The molecule has 0 amide bonds. The van der Waals surface area contributed by atoms with Crippen LogP contribution in [0.5, 0.6) is 0 Å². The Bertz CT molecular complexity index is 2380.